The third-order valence-electron chi connectivity index (χ3n) is 5.65. The Morgan fingerprint density at radius 3 is 2.39 bits per heavy atom. The Morgan fingerprint density at radius 1 is 1.16 bits per heavy atom. The average molecular weight is 466 g/mol. The van der Waals surface area contributed by atoms with E-state index in [0.29, 0.717) is 29.0 Å². The highest BCUT2D eigenvalue weighted by atomic mass is 32.2. The summed E-state index contributed by atoms with van der Waals surface area (Å²) >= 11 is 1.36. The fourth-order valence-electron chi connectivity index (χ4n) is 4.10. The summed E-state index contributed by atoms with van der Waals surface area (Å²) in [4.78, 5) is 14.8. The molecule has 1 amide bonds. The second-order valence-electron chi connectivity index (χ2n) is 7.97. The number of piperidine rings is 1. The monoisotopic (exact) mass is 465 g/mol. The van der Waals surface area contributed by atoms with Crippen LogP contribution in [0.2, 0.25) is 0 Å². The number of hydrogen-bond acceptors (Lipinski definition) is 6. The summed E-state index contributed by atoms with van der Waals surface area (Å²) in [6.45, 7) is 6.84. The molecule has 3 rings (SSSR count). The van der Waals surface area contributed by atoms with Crippen molar-refractivity contribution in [2.24, 2.45) is 0 Å². The quantitative estimate of drug-likeness (QED) is 0.557. The van der Waals surface area contributed by atoms with Crippen LogP contribution in [0.15, 0.2) is 35.5 Å². The van der Waals surface area contributed by atoms with E-state index in [1.807, 2.05) is 22.5 Å². The summed E-state index contributed by atoms with van der Waals surface area (Å²) in [5.74, 6) is 0.951. The number of nitrogens with zero attached hydrogens (tertiary/aromatic N) is 5. The number of rotatable bonds is 8. The molecule has 0 N–H and O–H groups in total. The van der Waals surface area contributed by atoms with Gasteiger partial charge in [-0.15, -0.1) is 10.2 Å². The zero-order valence-electron chi connectivity index (χ0n) is 18.6. The zero-order chi connectivity index (χ0) is 22.6. The van der Waals surface area contributed by atoms with Crippen molar-refractivity contribution in [3.8, 4) is 0 Å². The summed E-state index contributed by atoms with van der Waals surface area (Å²) < 4.78 is 28.0. The minimum Gasteiger partial charge on any atom is -0.337 e. The molecule has 2 heterocycles. The lowest BCUT2D eigenvalue weighted by molar-refractivity contribution is -0.134. The highest BCUT2D eigenvalue weighted by molar-refractivity contribution is 7.99. The Bertz CT molecular complexity index is 984. The third-order valence-corrected chi connectivity index (χ3v) is 7.74. The Balaban J connectivity index is 1.75. The molecule has 1 aliphatic rings. The standard InChI is InChI=1S/C21H31N5O3S2/c1-5-24-19(14-25(31(4,28)29)18-12-7-6-8-13-18)22-23-21(24)30-15-20(27)26-16(2)10-9-11-17(26)3/h6-8,12-13,16-17H,5,9-11,14-15H2,1-4H3. The van der Waals surface area contributed by atoms with Gasteiger partial charge in [0, 0.05) is 18.6 Å². The summed E-state index contributed by atoms with van der Waals surface area (Å²) in [5, 5.41) is 9.13. The van der Waals surface area contributed by atoms with Gasteiger partial charge in [0.2, 0.25) is 15.9 Å². The highest BCUT2D eigenvalue weighted by Crippen LogP contribution is 2.26. The molecule has 0 saturated carbocycles. The molecule has 1 aromatic heterocycles. The van der Waals surface area contributed by atoms with E-state index in [1.165, 1.54) is 22.3 Å². The van der Waals surface area contributed by atoms with Crippen molar-refractivity contribution in [2.75, 3.05) is 16.3 Å². The van der Waals surface area contributed by atoms with E-state index in [9.17, 15) is 13.2 Å². The van der Waals surface area contributed by atoms with Crippen molar-refractivity contribution in [3.63, 3.8) is 0 Å². The first-order valence-corrected chi connectivity index (χ1v) is 13.4. The molecule has 2 aromatic rings. The van der Waals surface area contributed by atoms with E-state index in [-0.39, 0.29) is 24.5 Å². The van der Waals surface area contributed by atoms with Crippen molar-refractivity contribution < 1.29 is 13.2 Å². The Kier molecular flexibility index (Phi) is 7.64. The van der Waals surface area contributed by atoms with Crippen LogP contribution in [0.3, 0.4) is 0 Å². The number of likely N-dealkylation sites (tertiary alicyclic amines) is 1. The summed E-state index contributed by atoms with van der Waals surface area (Å²) in [7, 11) is -3.50. The minimum atomic E-state index is -3.50. The fraction of sp³-hybridized carbons (Fsp3) is 0.571. The average Bonchev–Trinajstić information content (AvgIpc) is 3.11. The number of carbonyl (C=O) groups is 1. The van der Waals surface area contributed by atoms with Crippen LogP contribution in [0, 0.1) is 0 Å². The van der Waals surface area contributed by atoms with Gasteiger partial charge in [-0.1, -0.05) is 30.0 Å². The van der Waals surface area contributed by atoms with Gasteiger partial charge in [0.25, 0.3) is 0 Å². The van der Waals surface area contributed by atoms with E-state index >= 15 is 0 Å². The lowest BCUT2D eigenvalue weighted by Crippen LogP contribution is -2.48. The van der Waals surface area contributed by atoms with Crippen LogP contribution >= 0.6 is 11.8 Å². The van der Waals surface area contributed by atoms with Gasteiger partial charge >= 0.3 is 0 Å². The molecule has 10 heteroatoms. The van der Waals surface area contributed by atoms with E-state index in [4.69, 9.17) is 0 Å². The topological polar surface area (TPSA) is 88.4 Å². The van der Waals surface area contributed by atoms with E-state index in [2.05, 4.69) is 24.0 Å². The van der Waals surface area contributed by atoms with E-state index in [1.54, 1.807) is 24.3 Å². The summed E-state index contributed by atoms with van der Waals surface area (Å²) in [6.07, 6.45) is 4.42. The molecule has 8 nitrogen and oxygen atoms in total. The van der Waals surface area contributed by atoms with Crippen molar-refractivity contribution in [1.29, 1.82) is 0 Å². The lowest BCUT2D eigenvalue weighted by Gasteiger charge is -2.39. The van der Waals surface area contributed by atoms with Crippen molar-refractivity contribution >= 4 is 33.4 Å². The maximum Gasteiger partial charge on any atom is 0.233 e. The van der Waals surface area contributed by atoms with Crippen LogP contribution in [0.5, 0.6) is 0 Å². The second kappa shape index (κ2) is 10.0. The highest BCUT2D eigenvalue weighted by Gasteiger charge is 2.29. The molecule has 1 aliphatic heterocycles. The molecular formula is C21H31N5O3S2. The van der Waals surface area contributed by atoms with Gasteiger partial charge in [0.05, 0.1) is 24.2 Å². The summed E-state index contributed by atoms with van der Waals surface area (Å²) in [6, 6.07) is 9.46. The van der Waals surface area contributed by atoms with E-state index in [0.717, 1.165) is 19.3 Å². The first-order valence-electron chi connectivity index (χ1n) is 10.6. The molecule has 1 saturated heterocycles. The molecule has 1 aromatic carbocycles. The van der Waals surface area contributed by atoms with Crippen LogP contribution in [0.4, 0.5) is 5.69 Å². The van der Waals surface area contributed by atoms with Gasteiger partial charge in [-0.25, -0.2) is 8.42 Å². The predicted octanol–water partition coefficient (Wildman–Crippen LogP) is 3.15. The number of amides is 1. The molecule has 170 valence electrons. The number of thioether (sulfide) groups is 1. The maximum absolute atomic E-state index is 12.9. The number of carbonyl (C=O) groups excluding carboxylic acids is 1. The fourth-order valence-corrected chi connectivity index (χ4v) is 5.84. The molecule has 1 fully saturated rings. The predicted molar refractivity (Wildman–Crippen MR) is 124 cm³/mol. The van der Waals surface area contributed by atoms with Crippen LogP contribution in [0.1, 0.15) is 45.9 Å². The van der Waals surface area contributed by atoms with Gasteiger partial charge in [-0.05, 0) is 52.2 Å². The normalized spacial score (nSPS) is 19.4. The number of benzene rings is 1. The molecule has 31 heavy (non-hydrogen) atoms. The van der Waals surface area contributed by atoms with Gasteiger partial charge in [-0.3, -0.25) is 9.10 Å². The molecular weight excluding hydrogens is 434 g/mol. The minimum absolute atomic E-state index is 0.0817. The number of hydrogen-bond donors (Lipinski definition) is 0. The smallest absolute Gasteiger partial charge is 0.233 e. The maximum atomic E-state index is 12.9. The third kappa shape index (κ3) is 5.60. The SMILES string of the molecule is CCn1c(CN(c2ccccc2)S(C)(=O)=O)nnc1SCC(=O)N1C(C)CCCC1C. The molecule has 0 aliphatic carbocycles. The van der Waals surface area contributed by atoms with Gasteiger partial charge < -0.3 is 9.47 Å². The largest absolute Gasteiger partial charge is 0.337 e. The second-order valence-corrected chi connectivity index (χ2v) is 10.8. The number of anilines is 1. The first kappa shape index (κ1) is 23.6. The zero-order valence-corrected chi connectivity index (χ0v) is 20.2. The van der Waals surface area contributed by atoms with Crippen LogP contribution < -0.4 is 4.31 Å². The Labute approximate surface area is 189 Å². The molecule has 0 radical (unpaired) electrons. The van der Waals surface area contributed by atoms with Crippen LogP contribution in [-0.4, -0.2) is 58.1 Å². The van der Waals surface area contributed by atoms with Gasteiger partial charge in [0.15, 0.2) is 11.0 Å². The van der Waals surface area contributed by atoms with Crippen molar-refractivity contribution in [1.82, 2.24) is 19.7 Å². The first-order chi connectivity index (χ1) is 14.7. The molecule has 0 bridgehead atoms. The Morgan fingerprint density at radius 2 is 1.81 bits per heavy atom. The van der Waals surface area contributed by atoms with Crippen LogP contribution in [-0.2, 0) is 27.9 Å². The molecule has 2 atom stereocenters. The number of para-hydroxylation sites is 1. The van der Waals surface area contributed by atoms with Crippen molar-refractivity contribution in [3.05, 3.63) is 36.2 Å². The van der Waals surface area contributed by atoms with Gasteiger partial charge in [-0.2, -0.15) is 0 Å². The number of sulfonamides is 1. The number of aromatic nitrogens is 3. The molecule has 0 spiro atoms. The van der Waals surface area contributed by atoms with Crippen molar-refractivity contribution in [2.45, 2.75) is 70.4 Å². The lowest BCUT2D eigenvalue weighted by atomic mass is 9.98. The van der Waals surface area contributed by atoms with Crippen LogP contribution in [0.25, 0.3) is 0 Å². The van der Waals surface area contributed by atoms with E-state index < -0.39 is 10.0 Å². The Hall–Kier alpha value is -2.07. The summed E-state index contributed by atoms with van der Waals surface area (Å²) in [5.41, 5.74) is 0.577. The van der Waals surface area contributed by atoms with Gasteiger partial charge in [0.1, 0.15) is 0 Å². The molecule has 2 unspecified atom stereocenters.